The maximum absolute atomic E-state index is 4.46. The first-order chi connectivity index (χ1) is 9.35. The predicted octanol–water partition coefficient (Wildman–Crippen LogP) is 3.67. The summed E-state index contributed by atoms with van der Waals surface area (Å²) in [4.78, 5) is 7.09. The van der Waals surface area contributed by atoms with Crippen molar-refractivity contribution in [1.29, 1.82) is 0 Å². The molecule has 0 amide bonds. The summed E-state index contributed by atoms with van der Waals surface area (Å²) in [7, 11) is 0. The van der Waals surface area contributed by atoms with E-state index in [0.29, 0.717) is 0 Å². The molecule has 0 atom stereocenters. The zero-order valence-corrected chi connectivity index (χ0v) is 12.4. The molecule has 0 aromatic carbocycles. The zero-order valence-electron chi connectivity index (χ0n) is 12.4. The molecule has 1 aromatic rings. The number of hydrogen-bond acceptors (Lipinski definition) is 3. The van der Waals surface area contributed by atoms with E-state index < -0.39 is 0 Å². The van der Waals surface area contributed by atoms with E-state index in [1.807, 2.05) is 12.3 Å². The molecule has 3 nitrogen and oxygen atoms in total. The van der Waals surface area contributed by atoms with Crippen molar-refractivity contribution in [3.8, 4) is 0 Å². The maximum Gasteiger partial charge on any atom is 0.130 e. The van der Waals surface area contributed by atoms with Crippen LogP contribution in [0.5, 0.6) is 0 Å². The van der Waals surface area contributed by atoms with E-state index in [2.05, 4.69) is 35.1 Å². The average molecular weight is 261 g/mol. The largest absolute Gasteiger partial charge is 0.370 e. The standard InChI is InChI=1S/C16H27N3/c1-3-17-16-14(9-8-12-18-16)13-19(4-2)15-10-6-5-7-11-15/h8-9,12,15H,3-7,10-11,13H2,1-2H3,(H,17,18). The van der Waals surface area contributed by atoms with Crippen molar-refractivity contribution in [3.05, 3.63) is 23.9 Å². The summed E-state index contributed by atoms with van der Waals surface area (Å²) in [5.74, 6) is 1.05. The number of nitrogens with zero attached hydrogens (tertiary/aromatic N) is 2. The molecule has 0 radical (unpaired) electrons. The first-order valence-electron chi connectivity index (χ1n) is 7.77. The smallest absolute Gasteiger partial charge is 0.130 e. The Bertz CT molecular complexity index is 372. The third-order valence-corrected chi connectivity index (χ3v) is 4.11. The summed E-state index contributed by atoms with van der Waals surface area (Å²) in [5, 5.41) is 3.37. The molecular weight excluding hydrogens is 234 g/mol. The van der Waals surface area contributed by atoms with Crippen molar-refractivity contribution in [1.82, 2.24) is 9.88 Å². The molecule has 0 aliphatic heterocycles. The van der Waals surface area contributed by atoms with E-state index in [1.165, 1.54) is 37.7 Å². The molecule has 0 saturated heterocycles. The third-order valence-electron chi connectivity index (χ3n) is 4.11. The van der Waals surface area contributed by atoms with Gasteiger partial charge in [-0.15, -0.1) is 0 Å². The molecular formula is C16H27N3. The second-order valence-corrected chi connectivity index (χ2v) is 5.40. The van der Waals surface area contributed by atoms with Crippen LogP contribution < -0.4 is 5.32 Å². The van der Waals surface area contributed by atoms with Crippen LogP contribution in [0.2, 0.25) is 0 Å². The Morgan fingerprint density at radius 2 is 2.05 bits per heavy atom. The number of rotatable bonds is 6. The van der Waals surface area contributed by atoms with E-state index in [4.69, 9.17) is 0 Å². The molecule has 1 N–H and O–H groups in total. The SMILES string of the molecule is CCNc1ncccc1CN(CC)C1CCCCC1. The highest BCUT2D eigenvalue weighted by molar-refractivity contribution is 5.43. The van der Waals surface area contributed by atoms with Crippen molar-refractivity contribution in [2.24, 2.45) is 0 Å². The molecule has 1 aromatic heterocycles. The molecule has 0 spiro atoms. The highest BCUT2D eigenvalue weighted by atomic mass is 15.2. The van der Waals surface area contributed by atoms with Gasteiger partial charge >= 0.3 is 0 Å². The molecule has 106 valence electrons. The van der Waals surface area contributed by atoms with Gasteiger partial charge in [0.05, 0.1) is 0 Å². The fourth-order valence-electron chi connectivity index (χ4n) is 3.06. The molecule has 1 heterocycles. The van der Waals surface area contributed by atoms with Gasteiger partial charge in [-0.05, 0) is 32.4 Å². The van der Waals surface area contributed by atoms with Crippen LogP contribution in [-0.2, 0) is 6.54 Å². The van der Waals surface area contributed by atoms with Crippen LogP contribution in [0.4, 0.5) is 5.82 Å². The summed E-state index contributed by atoms with van der Waals surface area (Å²) in [6.07, 6.45) is 8.82. The van der Waals surface area contributed by atoms with Crippen molar-refractivity contribution in [2.75, 3.05) is 18.4 Å². The lowest BCUT2D eigenvalue weighted by Gasteiger charge is -2.33. The minimum absolute atomic E-state index is 0.772. The topological polar surface area (TPSA) is 28.2 Å². The molecule has 1 saturated carbocycles. The number of anilines is 1. The third kappa shape index (κ3) is 3.93. The van der Waals surface area contributed by atoms with Gasteiger partial charge in [0.1, 0.15) is 5.82 Å². The van der Waals surface area contributed by atoms with Crippen LogP contribution in [-0.4, -0.2) is 29.0 Å². The van der Waals surface area contributed by atoms with Crippen LogP contribution in [0.15, 0.2) is 18.3 Å². The summed E-state index contributed by atoms with van der Waals surface area (Å²) in [6, 6.07) is 5.02. The van der Waals surface area contributed by atoms with Gasteiger partial charge in [0, 0.05) is 30.9 Å². The van der Waals surface area contributed by atoms with Gasteiger partial charge in [-0.25, -0.2) is 4.98 Å². The van der Waals surface area contributed by atoms with Gasteiger partial charge in [0.25, 0.3) is 0 Å². The fraction of sp³-hybridized carbons (Fsp3) is 0.688. The van der Waals surface area contributed by atoms with Gasteiger partial charge in [-0.1, -0.05) is 32.3 Å². The van der Waals surface area contributed by atoms with Gasteiger partial charge < -0.3 is 5.32 Å². The summed E-state index contributed by atoms with van der Waals surface area (Å²) in [5.41, 5.74) is 1.33. The highest BCUT2D eigenvalue weighted by Crippen LogP contribution is 2.25. The Labute approximate surface area is 117 Å². The summed E-state index contributed by atoms with van der Waals surface area (Å²) in [6.45, 7) is 7.48. The highest BCUT2D eigenvalue weighted by Gasteiger charge is 2.20. The van der Waals surface area contributed by atoms with Crippen molar-refractivity contribution in [3.63, 3.8) is 0 Å². The maximum atomic E-state index is 4.46. The molecule has 0 unspecified atom stereocenters. The van der Waals surface area contributed by atoms with Gasteiger partial charge in [0.15, 0.2) is 0 Å². The zero-order chi connectivity index (χ0) is 13.5. The summed E-state index contributed by atoms with van der Waals surface area (Å²) >= 11 is 0. The number of aromatic nitrogens is 1. The molecule has 1 aliphatic carbocycles. The molecule has 1 fully saturated rings. The molecule has 0 bridgehead atoms. The lowest BCUT2D eigenvalue weighted by molar-refractivity contribution is 0.156. The van der Waals surface area contributed by atoms with Gasteiger partial charge in [-0.3, -0.25) is 4.90 Å². The first kappa shape index (κ1) is 14.3. The Morgan fingerprint density at radius 3 is 2.74 bits per heavy atom. The van der Waals surface area contributed by atoms with Gasteiger partial charge in [0.2, 0.25) is 0 Å². The second kappa shape index (κ2) is 7.49. The first-order valence-corrected chi connectivity index (χ1v) is 7.77. The minimum Gasteiger partial charge on any atom is -0.370 e. The van der Waals surface area contributed by atoms with Crippen LogP contribution in [0, 0.1) is 0 Å². The van der Waals surface area contributed by atoms with E-state index in [1.54, 1.807) is 0 Å². The summed E-state index contributed by atoms with van der Waals surface area (Å²) < 4.78 is 0. The fourth-order valence-corrected chi connectivity index (χ4v) is 3.06. The van der Waals surface area contributed by atoms with Crippen LogP contribution in [0.1, 0.15) is 51.5 Å². The minimum atomic E-state index is 0.772. The Morgan fingerprint density at radius 1 is 1.26 bits per heavy atom. The van der Waals surface area contributed by atoms with Crippen molar-refractivity contribution >= 4 is 5.82 Å². The molecule has 19 heavy (non-hydrogen) atoms. The lowest BCUT2D eigenvalue weighted by Crippen LogP contribution is -2.36. The Kier molecular flexibility index (Phi) is 5.64. The molecule has 2 rings (SSSR count). The predicted molar refractivity (Wildman–Crippen MR) is 81.4 cm³/mol. The average Bonchev–Trinajstić information content (AvgIpc) is 2.47. The van der Waals surface area contributed by atoms with Crippen molar-refractivity contribution in [2.45, 2.75) is 58.5 Å². The second-order valence-electron chi connectivity index (χ2n) is 5.40. The normalized spacial score (nSPS) is 16.8. The number of hydrogen-bond donors (Lipinski definition) is 1. The molecule has 1 aliphatic rings. The van der Waals surface area contributed by atoms with Crippen LogP contribution >= 0.6 is 0 Å². The van der Waals surface area contributed by atoms with Crippen molar-refractivity contribution < 1.29 is 0 Å². The lowest BCUT2D eigenvalue weighted by atomic mass is 9.94. The van der Waals surface area contributed by atoms with E-state index in [9.17, 15) is 0 Å². The monoisotopic (exact) mass is 261 g/mol. The Hall–Kier alpha value is -1.09. The Balaban J connectivity index is 2.04. The van der Waals surface area contributed by atoms with Crippen LogP contribution in [0.3, 0.4) is 0 Å². The van der Waals surface area contributed by atoms with E-state index >= 15 is 0 Å². The van der Waals surface area contributed by atoms with E-state index in [0.717, 1.165) is 31.5 Å². The van der Waals surface area contributed by atoms with Crippen LogP contribution in [0.25, 0.3) is 0 Å². The number of nitrogens with one attached hydrogen (secondary N) is 1. The van der Waals surface area contributed by atoms with Gasteiger partial charge in [-0.2, -0.15) is 0 Å². The quantitative estimate of drug-likeness (QED) is 0.847. The van der Waals surface area contributed by atoms with E-state index in [-0.39, 0.29) is 0 Å². The number of pyridine rings is 1. The molecule has 3 heteroatoms.